The van der Waals surface area contributed by atoms with Gasteiger partial charge >= 0.3 is 7.82 Å². The molecule has 1 aromatic carbocycles. The first-order chi connectivity index (χ1) is 18.2. The Morgan fingerprint density at radius 2 is 1.58 bits per heavy atom. The van der Waals surface area contributed by atoms with E-state index in [-0.39, 0.29) is 36.8 Å². The lowest BCUT2D eigenvalue weighted by Crippen LogP contribution is -2.49. The summed E-state index contributed by atoms with van der Waals surface area (Å²) in [6.07, 6.45) is 6.59. The summed E-state index contributed by atoms with van der Waals surface area (Å²) in [5, 5.41) is 21.4. The molecule has 2 fully saturated rings. The monoisotopic (exact) mass is 553 g/mol. The number of phosphoric ester groups is 1. The Kier molecular flexibility index (Phi) is 8.21. The molecule has 1 aliphatic heterocycles. The number of aromatic nitrogens is 1. The van der Waals surface area contributed by atoms with Crippen LogP contribution in [-0.4, -0.2) is 74.4 Å². The Labute approximate surface area is 221 Å². The molecule has 1 atom stereocenters. The van der Waals surface area contributed by atoms with Crippen molar-refractivity contribution in [2.24, 2.45) is 0 Å². The molecule has 2 heterocycles. The molecule has 0 radical (unpaired) electrons. The third-order valence-electron chi connectivity index (χ3n) is 7.88. The molecule has 0 bridgehead atoms. The molecule has 1 saturated heterocycles. The second-order valence-electron chi connectivity index (χ2n) is 10.6. The van der Waals surface area contributed by atoms with E-state index in [4.69, 9.17) is 9.26 Å². The fourth-order valence-electron chi connectivity index (χ4n) is 6.00. The highest BCUT2D eigenvalue weighted by Crippen LogP contribution is 2.42. The molecule has 2 aromatic rings. The molecule has 3 aliphatic rings. The van der Waals surface area contributed by atoms with E-state index >= 15 is 0 Å². The summed E-state index contributed by atoms with van der Waals surface area (Å²) < 4.78 is 38.5. The number of anilines is 1. The molecule has 2 aliphatic carbocycles. The lowest BCUT2D eigenvalue weighted by atomic mass is 9.95. The zero-order chi connectivity index (χ0) is 26.9. The Balaban J connectivity index is 1.26. The van der Waals surface area contributed by atoms with E-state index in [2.05, 4.69) is 4.90 Å². The number of aromatic hydroxyl groups is 2. The maximum atomic E-state index is 14.2. The van der Waals surface area contributed by atoms with Gasteiger partial charge in [-0.2, -0.15) is 0 Å². The molecular weight excluding hydrogens is 516 g/mol. The molecule has 1 aromatic heterocycles. The summed E-state index contributed by atoms with van der Waals surface area (Å²) in [4.78, 5) is 23.2. The SMILES string of the molecule is O=P(O)(O)OC(CN1CCN(c2cc(F)ccc2OC2CCCC2)CC1)Cn1c(O)c2c(c1O)CCCC2. The van der Waals surface area contributed by atoms with Crippen molar-refractivity contribution < 1.29 is 38.2 Å². The van der Waals surface area contributed by atoms with Crippen molar-refractivity contribution in [2.75, 3.05) is 37.6 Å². The fraction of sp³-hybridized carbons (Fsp3) is 0.615. The fourth-order valence-corrected chi connectivity index (χ4v) is 6.52. The van der Waals surface area contributed by atoms with Gasteiger partial charge in [0.2, 0.25) is 0 Å². The highest BCUT2D eigenvalue weighted by molar-refractivity contribution is 7.46. The first kappa shape index (κ1) is 27.3. The minimum absolute atomic E-state index is 0.0674. The van der Waals surface area contributed by atoms with Gasteiger partial charge < -0.3 is 29.6 Å². The van der Waals surface area contributed by atoms with Gasteiger partial charge in [0.25, 0.3) is 0 Å². The molecule has 0 amide bonds. The van der Waals surface area contributed by atoms with Crippen LogP contribution in [0.15, 0.2) is 18.2 Å². The number of phosphoric acid groups is 1. The van der Waals surface area contributed by atoms with E-state index in [1.54, 1.807) is 6.07 Å². The van der Waals surface area contributed by atoms with Crippen LogP contribution in [0.2, 0.25) is 0 Å². The number of hydrogen-bond donors (Lipinski definition) is 4. The van der Waals surface area contributed by atoms with E-state index in [9.17, 15) is 29.0 Å². The zero-order valence-corrected chi connectivity index (χ0v) is 22.4. The van der Waals surface area contributed by atoms with Gasteiger partial charge in [-0.15, -0.1) is 0 Å². The first-order valence-electron chi connectivity index (χ1n) is 13.5. The van der Waals surface area contributed by atoms with Gasteiger partial charge in [0.15, 0.2) is 11.8 Å². The standard InChI is InChI=1S/C26H37FN3O7P/c27-18-9-10-24(36-19-5-1-2-6-19)23(15-18)29-13-11-28(12-14-29)16-20(37-38(33,34)35)17-30-25(31)21-7-3-4-8-22(21)26(30)32/h9-10,15,19-20,31-32H,1-8,11-14,16-17H2,(H2,33,34,35). The number of halogens is 1. The van der Waals surface area contributed by atoms with Gasteiger partial charge in [-0.25, -0.2) is 8.96 Å². The average molecular weight is 554 g/mol. The van der Waals surface area contributed by atoms with Gasteiger partial charge in [-0.05, 0) is 63.5 Å². The van der Waals surface area contributed by atoms with Gasteiger partial charge in [-0.1, -0.05) is 0 Å². The average Bonchev–Trinajstić information content (AvgIpc) is 3.47. The highest BCUT2D eigenvalue weighted by Gasteiger charge is 2.31. The maximum absolute atomic E-state index is 14.2. The summed E-state index contributed by atoms with van der Waals surface area (Å²) in [6.45, 7) is 2.35. The van der Waals surface area contributed by atoms with Crippen molar-refractivity contribution in [2.45, 2.75) is 70.1 Å². The summed E-state index contributed by atoms with van der Waals surface area (Å²) in [5.74, 6) is 0.215. The van der Waals surface area contributed by atoms with Crippen LogP contribution in [-0.2, 0) is 28.5 Å². The molecular formula is C26H37FN3O7P. The highest BCUT2D eigenvalue weighted by atomic mass is 31.2. The Bertz CT molecular complexity index is 1140. The predicted molar refractivity (Wildman–Crippen MR) is 139 cm³/mol. The third-order valence-corrected chi connectivity index (χ3v) is 8.46. The largest absolute Gasteiger partial charge is 0.494 e. The normalized spacial score (nSPS) is 20.0. The number of ether oxygens (including phenoxy) is 1. The maximum Gasteiger partial charge on any atom is 0.469 e. The van der Waals surface area contributed by atoms with E-state index in [0.717, 1.165) is 38.5 Å². The Hall–Kier alpha value is -2.30. The van der Waals surface area contributed by atoms with Crippen LogP contribution in [0.3, 0.4) is 0 Å². The van der Waals surface area contributed by atoms with Crippen LogP contribution < -0.4 is 9.64 Å². The lowest BCUT2D eigenvalue weighted by molar-refractivity contribution is 0.0774. The van der Waals surface area contributed by atoms with Crippen LogP contribution in [0.5, 0.6) is 17.5 Å². The molecule has 1 saturated carbocycles. The third kappa shape index (κ3) is 6.29. The Morgan fingerprint density at radius 1 is 0.947 bits per heavy atom. The van der Waals surface area contributed by atoms with Crippen molar-refractivity contribution in [3.63, 3.8) is 0 Å². The summed E-state index contributed by atoms with van der Waals surface area (Å²) in [5.41, 5.74) is 2.11. The van der Waals surface area contributed by atoms with Crippen LogP contribution in [0, 0.1) is 5.82 Å². The summed E-state index contributed by atoms with van der Waals surface area (Å²) in [7, 11) is -4.82. The molecule has 210 valence electrons. The van der Waals surface area contributed by atoms with E-state index in [1.807, 2.05) is 4.90 Å². The molecule has 5 rings (SSSR count). The summed E-state index contributed by atoms with van der Waals surface area (Å²) in [6, 6.07) is 4.60. The van der Waals surface area contributed by atoms with Gasteiger partial charge in [0, 0.05) is 49.9 Å². The Morgan fingerprint density at radius 3 is 2.18 bits per heavy atom. The molecule has 1 unspecified atom stereocenters. The molecule has 38 heavy (non-hydrogen) atoms. The van der Waals surface area contributed by atoms with Gasteiger partial charge in [0.1, 0.15) is 17.7 Å². The number of fused-ring (bicyclic) bond motifs is 1. The molecule has 0 spiro atoms. The van der Waals surface area contributed by atoms with Crippen molar-refractivity contribution in [3.05, 3.63) is 35.1 Å². The van der Waals surface area contributed by atoms with Gasteiger partial charge in [-0.3, -0.25) is 14.0 Å². The minimum Gasteiger partial charge on any atom is -0.494 e. The van der Waals surface area contributed by atoms with E-state index in [0.29, 0.717) is 61.6 Å². The van der Waals surface area contributed by atoms with Crippen LogP contribution in [0.25, 0.3) is 0 Å². The van der Waals surface area contributed by atoms with E-state index < -0.39 is 13.9 Å². The minimum atomic E-state index is -4.82. The number of hydrogen-bond acceptors (Lipinski definition) is 7. The van der Waals surface area contributed by atoms with Crippen molar-refractivity contribution in [3.8, 4) is 17.5 Å². The first-order valence-corrected chi connectivity index (χ1v) is 15.0. The smallest absolute Gasteiger partial charge is 0.469 e. The quantitative estimate of drug-likeness (QED) is 0.345. The predicted octanol–water partition coefficient (Wildman–Crippen LogP) is 3.54. The van der Waals surface area contributed by atoms with Crippen LogP contribution in [0.4, 0.5) is 10.1 Å². The van der Waals surface area contributed by atoms with E-state index in [1.165, 1.54) is 16.7 Å². The number of benzene rings is 1. The lowest BCUT2D eigenvalue weighted by Gasteiger charge is -2.38. The molecule has 10 nitrogen and oxygen atoms in total. The number of piperazine rings is 1. The topological polar surface area (TPSA) is 128 Å². The number of nitrogens with zero attached hydrogens (tertiary/aromatic N) is 3. The molecule has 12 heteroatoms. The van der Waals surface area contributed by atoms with Crippen molar-refractivity contribution in [1.82, 2.24) is 9.47 Å². The van der Waals surface area contributed by atoms with Crippen LogP contribution >= 0.6 is 7.82 Å². The number of rotatable bonds is 9. The second kappa shape index (κ2) is 11.4. The zero-order valence-electron chi connectivity index (χ0n) is 21.5. The second-order valence-corrected chi connectivity index (χ2v) is 11.8. The van der Waals surface area contributed by atoms with Crippen molar-refractivity contribution >= 4 is 13.5 Å². The van der Waals surface area contributed by atoms with Crippen molar-refractivity contribution in [1.29, 1.82) is 0 Å². The molecule has 4 N–H and O–H groups in total. The van der Waals surface area contributed by atoms with Crippen LogP contribution in [0.1, 0.15) is 49.7 Å². The van der Waals surface area contributed by atoms with Gasteiger partial charge in [0.05, 0.1) is 18.3 Å². The summed E-state index contributed by atoms with van der Waals surface area (Å²) >= 11 is 0.